The second-order valence-electron chi connectivity index (χ2n) is 7.26. The summed E-state index contributed by atoms with van der Waals surface area (Å²) in [7, 11) is 2.06. The molecule has 0 bridgehead atoms. The Bertz CT molecular complexity index is 817. The van der Waals surface area contributed by atoms with Crippen LogP contribution in [0.25, 0.3) is 0 Å². The minimum atomic E-state index is -0.0136. The summed E-state index contributed by atoms with van der Waals surface area (Å²) in [4.78, 5) is 14.5. The Labute approximate surface area is 141 Å². The Morgan fingerprint density at radius 1 is 1.29 bits per heavy atom. The fourth-order valence-corrected chi connectivity index (χ4v) is 3.39. The summed E-state index contributed by atoms with van der Waals surface area (Å²) < 4.78 is 3.72. The molecule has 0 radical (unpaired) electrons. The van der Waals surface area contributed by atoms with Crippen LogP contribution in [0.3, 0.4) is 0 Å². The van der Waals surface area contributed by atoms with Crippen molar-refractivity contribution in [1.29, 1.82) is 0 Å². The fraction of sp³-hybridized carbons (Fsp3) is 0.647. The van der Waals surface area contributed by atoms with E-state index >= 15 is 0 Å². The van der Waals surface area contributed by atoms with Crippen molar-refractivity contribution in [1.82, 2.24) is 29.4 Å². The highest BCUT2D eigenvalue weighted by Crippen LogP contribution is 2.38. The predicted octanol–water partition coefficient (Wildman–Crippen LogP) is 1.39. The minimum absolute atomic E-state index is 0.0136. The molecule has 0 spiro atoms. The first-order chi connectivity index (χ1) is 11.5. The molecule has 24 heavy (non-hydrogen) atoms. The van der Waals surface area contributed by atoms with Gasteiger partial charge in [-0.25, -0.2) is 4.68 Å². The molecule has 1 saturated carbocycles. The van der Waals surface area contributed by atoms with E-state index in [2.05, 4.69) is 31.8 Å². The van der Waals surface area contributed by atoms with Crippen molar-refractivity contribution in [2.45, 2.75) is 58.2 Å². The molecule has 1 fully saturated rings. The number of hydrogen-bond acceptors (Lipinski definition) is 5. The van der Waals surface area contributed by atoms with Gasteiger partial charge in [0.25, 0.3) is 5.56 Å². The van der Waals surface area contributed by atoms with Gasteiger partial charge in [-0.3, -0.25) is 9.69 Å². The Hall–Kier alpha value is -2.02. The number of aromatic nitrogens is 5. The lowest BCUT2D eigenvalue weighted by molar-refractivity contribution is 0.232. The van der Waals surface area contributed by atoms with Gasteiger partial charge in [0.2, 0.25) is 0 Å². The first-order valence-electron chi connectivity index (χ1n) is 8.75. The zero-order valence-corrected chi connectivity index (χ0v) is 14.6. The minimum Gasteiger partial charge on any atom is -0.317 e. The molecule has 0 saturated heterocycles. The highest BCUT2D eigenvalue weighted by Gasteiger charge is 2.30. The first-order valence-corrected chi connectivity index (χ1v) is 8.75. The van der Waals surface area contributed by atoms with Crippen LogP contribution in [0.15, 0.2) is 10.9 Å². The van der Waals surface area contributed by atoms with Crippen LogP contribution in [-0.2, 0) is 26.6 Å². The van der Waals surface area contributed by atoms with Crippen molar-refractivity contribution in [3.05, 3.63) is 39.3 Å². The van der Waals surface area contributed by atoms with Gasteiger partial charge in [0.15, 0.2) is 0 Å². The molecule has 2 aromatic heterocycles. The van der Waals surface area contributed by atoms with Crippen LogP contribution >= 0.6 is 0 Å². The molecule has 4 rings (SSSR count). The highest BCUT2D eigenvalue weighted by atomic mass is 16.1. The maximum atomic E-state index is 12.2. The van der Waals surface area contributed by atoms with Gasteiger partial charge in [-0.1, -0.05) is 0 Å². The molecular weight excluding hydrogens is 304 g/mol. The maximum absolute atomic E-state index is 12.2. The quantitative estimate of drug-likeness (QED) is 0.848. The summed E-state index contributed by atoms with van der Waals surface area (Å²) in [5, 5.41) is 13.3. The van der Waals surface area contributed by atoms with E-state index in [1.165, 1.54) is 12.8 Å². The normalized spacial score (nSPS) is 18.2. The molecule has 7 nitrogen and oxygen atoms in total. The van der Waals surface area contributed by atoms with Crippen molar-refractivity contribution < 1.29 is 0 Å². The first kappa shape index (κ1) is 15.5. The average Bonchev–Trinajstić information content (AvgIpc) is 3.32. The third-order valence-electron chi connectivity index (χ3n) is 4.98. The lowest BCUT2D eigenvalue weighted by atomic mass is 10.1. The van der Waals surface area contributed by atoms with E-state index in [9.17, 15) is 4.79 Å². The van der Waals surface area contributed by atoms with Crippen LogP contribution in [0, 0.1) is 0 Å². The molecule has 0 unspecified atom stereocenters. The monoisotopic (exact) mass is 328 g/mol. The Kier molecular flexibility index (Phi) is 3.75. The third kappa shape index (κ3) is 2.77. The molecule has 7 heteroatoms. The molecule has 1 aliphatic carbocycles. The lowest BCUT2D eigenvalue weighted by Gasteiger charge is -2.28. The lowest BCUT2D eigenvalue weighted by Crippen LogP contribution is -2.35. The molecule has 0 N–H and O–H groups in total. The SMILES string of the molecule is CC(C)n1nc2c(cc1=O)CN(Cc1nnc(C3CC3)n1C)CC2. The summed E-state index contributed by atoms with van der Waals surface area (Å²) in [5.41, 5.74) is 2.09. The van der Waals surface area contributed by atoms with Gasteiger partial charge in [0.1, 0.15) is 11.6 Å². The van der Waals surface area contributed by atoms with Gasteiger partial charge in [0, 0.05) is 38.5 Å². The topological polar surface area (TPSA) is 68.8 Å². The predicted molar refractivity (Wildman–Crippen MR) is 89.7 cm³/mol. The number of fused-ring (bicyclic) bond motifs is 1. The van der Waals surface area contributed by atoms with Crippen LogP contribution in [0.2, 0.25) is 0 Å². The molecule has 3 heterocycles. The van der Waals surface area contributed by atoms with Crippen molar-refractivity contribution >= 4 is 0 Å². The van der Waals surface area contributed by atoms with Crippen molar-refractivity contribution in [3.8, 4) is 0 Å². The highest BCUT2D eigenvalue weighted by molar-refractivity contribution is 5.21. The number of hydrogen-bond donors (Lipinski definition) is 0. The van der Waals surface area contributed by atoms with Crippen molar-refractivity contribution in [3.63, 3.8) is 0 Å². The number of nitrogens with zero attached hydrogens (tertiary/aromatic N) is 6. The molecule has 2 aliphatic rings. The molecular formula is C17H24N6O. The summed E-state index contributed by atoms with van der Waals surface area (Å²) in [6, 6.07) is 1.85. The van der Waals surface area contributed by atoms with Crippen LogP contribution < -0.4 is 5.56 Å². The Morgan fingerprint density at radius 3 is 2.79 bits per heavy atom. The van der Waals surface area contributed by atoms with Gasteiger partial charge in [-0.15, -0.1) is 10.2 Å². The maximum Gasteiger partial charge on any atom is 0.267 e. The molecule has 0 amide bonds. The standard InChI is InChI=1S/C17H24N6O/c1-11(2)23-16(24)8-13-9-22(7-6-14(13)20-23)10-15-18-19-17(21(15)3)12-4-5-12/h8,11-12H,4-7,9-10H2,1-3H3. The zero-order valence-electron chi connectivity index (χ0n) is 14.6. The Balaban J connectivity index is 1.52. The molecule has 128 valence electrons. The summed E-state index contributed by atoms with van der Waals surface area (Å²) in [6.45, 7) is 6.43. The molecule has 0 atom stereocenters. The van der Waals surface area contributed by atoms with Crippen LogP contribution in [0.4, 0.5) is 0 Å². The fourth-order valence-electron chi connectivity index (χ4n) is 3.39. The average molecular weight is 328 g/mol. The second-order valence-corrected chi connectivity index (χ2v) is 7.26. The van der Waals surface area contributed by atoms with Crippen LogP contribution in [0.1, 0.15) is 61.6 Å². The van der Waals surface area contributed by atoms with Gasteiger partial charge in [-0.05, 0) is 32.3 Å². The van der Waals surface area contributed by atoms with Gasteiger partial charge in [-0.2, -0.15) is 5.10 Å². The third-order valence-corrected chi connectivity index (χ3v) is 4.98. The van der Waals surface area contributed by atoms with E-state index in [-0.39, 0.29) is 11.6 Å². The van der Waals surface area contributed by atoms with E-state index in [0.29, 0.717) is 5.92 Å². The van der Waals surface area contributed by atoms with Crippen molar-refractivity contribution in [2.75, 3.05) is 6.54 Å². The largest absolute Gasteiger partial charge is 0.317 e. The van der Waals surface area contributed by atoms with E-state index in [0.717, 1.165) is 49.0 Å². The number of rotatable bonds is 4. The van der Waals surface area contributed by atoms with Crippen LogP contribution in [-0.4, -0.2) is 36.0 Å². The molecule has 2 aromatic rings. The molecule has 1 aliphatic heterocycles. The van der Waals surface area contributed by atoms with Gasteiger partial charge in [0.05, 0.1) is 18.3 Å². The van der Waals surface area contributed by atoms with E-state index < -0.39 is 0 Å². The Morgan fingerprint density at radius 2 is 2.08 bits per heavy atom. The smallest absolute Gasteiger partial charge is 0.267 e. The molecule has 0 aromatic carbocycles. The van der Waals surface area contributed by atoms with Crippen molar-refractivity contribution in [2.24, 2.45) is 7.05 Å². The summed E-state index contributed by atoms with van der Waals surface area (Å²) in [6.07, 6.45) is 3.34. The van der Waals surface area contributed by atoms with E-state index in [1.807, 2.05) is 13.8 Å². The van der Waals surface area contributed by atoms with Crippen LogP contribution in [0.5, 0.6) is 0 Å². The van der Waals surface area contributed by atoms with E-state index in [4.69, 9.17) is 0 Å². The van der Waals surface area contributed by atoms with E-state index in [1.54, 1.807) is 10.7 Å². The van der Waals surface area contributed by atoms with Gasteiger partial charge < -0.3 is 4.57 Å². The zero-order chi connectivity index (χ0) is 16.8. The summed E-state index contributed by atoms with van der Waals surface area (Å²) in [5.74, 6) is 2.73. The second kappa shape index (κ2) is 5.81. The van der Waals surface area contributed by atoms with Gasteiger partial charge >= 0.3 is 0 Å². The summed E-state index contributed by atoms with van der Waals surface area (Å²) >= 11 is 0.